The van der Waals surface area contributed by atoms with Crippen molar-refractivity contribution in [1.82, 2.24) is 5.32 Å². The molecule has 0 saturated carbocycles. The Morgan fingerprint density at radius 3 is 2.38 bits per heavy atom. The van der Waals surface area contributed by atoms with E-state index in [9.17, 15) is 13.4 Å². The summed E-state index contributed by atoms with van der Waals surface area (Å²) in [5, 5.41) is 2.81. The molecule has 2 aromatic rings. The zero-order valence-corrected chi connectivity index (χ0v) is 14.1. The summed E-state index contributed by atoms with van der Waals surface area (Å²) >= 11 is -1.62. The van der Waals surface area contributed by atoms with Crippen LogP contribution in [0.25, 0.3) is 0 Å². The molecular formula is C17H18FN3O2S. The highest BCUT2D eigenvalue weighted by molar-refractivity contribution is 7.88. The van der Waals surface area contributed by atoms with Gasteiger partial charge in [0, 0.05) is 13.0 Å². The van der Waals surface area contributed by atoms with Gasteiger partial charge in [0.05, 0.1) is 23.6 Å². The number of halogens is 1. The maximum atomic E-state index is 14.2. The molecule has 5 nitrogen and oxygen atoms in total. The Kier molecular flexibility index (Phi) is 4.92. The Bertz CT molecular complexity index is 784. The minimum absolute atomic E-state index is 0.0383. The van der Waals surface area contributed by atoms with Crippen LogP contribution >= 0.6 is 0 Å². The second-order valence-electron chi connectivity index (χ2n) is 5.39. The van der Waals surface area contributed by atoms with Gasteiger partial charge in [-0.05, 0) is 31.3 Å². The van der Waals surface area contributed by atoms with E-state index in [1.807, 2.05) is 18.2 Å². The lowest BCUT2D eigenvalue weighted by atomic mass is 10.2. The number of anilines is 3. The first-order chi connectivity index (χ1) is 11.6. The molecule has 1 heterocycles. The van der Waals surface area contributed by atoms with Crippen LogP contribution in [0.15, 0.2) is 48.5 Å². The molecule has 0 aliphatic carbocycles. The molecule has 1 unspecified atom stereocenters. The van der Waals surface area contributed by atoms with E-state index < -0.39 is 17.0 Å². The van der Waals surface area contributed by atoms with Crippen LogP contribution in [-0.4, -0.2) is 30.1 Å². The van der Waals surface area contributed by atoms with Gasteiger partial charge in [0.2, 0.25) is 11.2 Å². The standard InChI is InChI=1S/C17H18FN3O2S/c1-19-12-13(22)10-11-20-16-8-4-5-9-17(16)21(24(20)23)15-7-3-2-6-14(15)18/h2-9,19H,10-12H2,1H3. The summed E-state index contributed by atoms with van der Waals surface area (Å²) in [5.41, 5.74) is 1.66. The van der Waals surface area contributed by atoms with E-state index in [1.54, 1.807) is 35.6 Å². The molecule has 0 saturated heterocycles. The highest BCUT2D eigenvalue weighted by Crippen LogP contribution is 2.43. The molecule has 7 heteroatoms. The summed E-state index contributed by atoms with van der Waals surface area (Å²) in [4.78, 5) is 11.8. The van der Waals surface area contributed by atoms with Crippen LogP contribution in [0.1, 0.15) is 6.42 Å². The number of benzene rings is 2. The van der Waals surface area contributed by atoms with E-state index in [-0.39, 0.29) is 24.4 Å². The third kappa shape index (κ3) is 3.05. The van der Waals surface area contributed by atoms with Gasteiger partial charge in [-0.3, -0.25) is 9.10 Å². The topological polar surface area (TPSA) is 52.7 Å². The lowest BCUT2D eigenvalue weighted by Gasteiger charge is -2.20. The molecule has 1 N–H and O–H groups in total. The number of rotatable bonds is 6. The Labute approximate surface area is 142 Å². The van der Waals surface area contributed by atoms with Crippen molar-refractivity contribution in [2.75, 3.05) is 28.7 Å². The molecule has 3 rings (SSSR count). The number of likely N-dealkylation sites (N-methyl/N-ethyl adjacent to an activating group) is 1. The number of para-hydroxylation sites is 3. The molecule has 2 aromatic carbocycles. The maximum absolute atomic E-state index is 14.2. The van der Waals surface area contributed by atoms with Crippen molar-refractivity contribution in [3.63, 3.8) is 0 Å². The number of hydrogen-bond acceptors (Lipinski definition) is 3. The molecule has 0 spiro atoms. The van der Waals surface area contributed by atoms with E-state index in [4.69, 9.17) is 0 Å². The summed E-state index contributed by atoms with van der Waals surface area (Å²) in [6.45, 7) is 0.592. The Morgan fingerprint density at radius 2 is 1.71 bits per heavy atom. The zero-order chi connectivity index (χ0) is 17.1. The number of fused-ring (bicyclic) bond motifs is 1. The van der Waals surface area contributed by atoms with Crippen LogP contribution in [0, 0.1) is 5.82 Å². The number of nitrogens with zero attached hydrogens (tertiary/aromatic N) is 2. The molecule has 1 atom stereocenters. The molecule has 0 bridgehead atoms. The van der Waals surface area contributed by atoms with E-state index in [0.29, 0.717) is 12.2 Å². The van der Waals surface area contributed by atoms with Gasteiger partial charge in [-0.1, -0.05) is 24.3 Å². The van der Waals surface area contributed by atoms with Crippen molar-refractivity contribution in [2.24, 2.45) is 0 Å². The fourth-order valence-electron chi connectivity index (χ4n) is 2.65. The Hall–Kier alpha value is -2.25. The van der Waals surface area contributed by atoms with Crippen LogP contribution in [0.5, 0.6) is 0 Å². The van der Waals surface area contributed by atoms with Gasteiger partial charge < -0.3 is 5.32 Å². The number of Topliss-reactive ketones (excluding diaryl/α,β-unsaturated/α-hetero) is 1. The van der Waals surface area contributed by atoms with Crippen molar-refractivity contribution >= 4 is 34.0 Å². The maximum Gasteiger partial charge on any atom is 0.230 e. The van der Waals surface area contributed by atoms with Gasteiger partial charge in [0.1, 0.15) is 11.6 Å². The van der Waals surface area contributed by atoms with Crippen molar-refractivity contribution in [2.45, 2.75) is 6.42 Å². The molecular weight excluding hydrogens is 329 g/mol. The van der Waals surface area contributed by atoms with Gasteiger partial charge in [0.25, 0.3) is 0 Å². The molecule has 0 radical (unpaired) electrons. The number of nitrogens with one attached hydrogen (secondary N) is 1. The van der Waals surface area contributed by atoms with Gasteiger partial charge in [0.15, 0.2) is 0 Å². The van der Waals surface area contributed by atoms with Crippen molar-refractivity contribution in [1.29, 1.82) is 0 Å². The van der Waals surface area contributed by atoms with E-state index in [0.717, 1.165) is 5.69 Å². The summed E-state index contributed by atoms with van der Waals surface area (Å²) < 4.78 is 30.2. The monoisotopic (exact) mass is 347 g/mol. The van der Waals surface area contributed by atoms with Crippen LogP contribution in [0.2, 0.25) is 0 Å². The summed E-state index contributed by atoms with van der Waals surface area (Å²) in [7, 11) is 1.71. The zero-order valence-electron chi connectivity index (χ0n) is 13.2. The van der Waals surface area contributed by atoms with E-state index in [2.05, 4.69) is 5.32 Å². The summed E-state index contributed by atoms with van der Waals surface area (Å²) in [6.07, 6.45) is 0.270. The molecule has 24 heavy (non-hydrogen) atoms. The SMILES string of the molecule is CNCC(=O)CCN1c2ccccc2N(c2ccccc2F)S1=O. The van der Waals surface area contributed by atoms with Crippen molar-refractivity contribution in [3.8, 4) is 0 Å². The Balaban J connectivity index is 1.92. The van der Waals surface area contributed by atoms with E-state index in [1.165, 1.54) is 10.4 Å². The van der Waals surface area contributed by atoms with Gasteiger partial charge >= 0.3 is 0 Å². The second kappa shape index (κ2) is 7.11. The predicted molar refractivity (Wildman–Crippen MR) is 94.0 cm³/mol. The third-order valence-corrected chi connectivity index (χ3v) is 5.21. The second-order valence-corrected chi connectivity index (χ2v) is 6.65. The third-order valence-electron chi connectivity index (χ3n) is 3.75. The molecule has 1 aliphatic rings. The minimum Gasteiger partial charge on any atom is -0.313 e. The van der Waals surface area contributed by atoms with Crippen LogP contribution < -0.4 is 13.9 Å². The quantitative estimate of drug-likeness (QED) is 0.874. The average Bonchev–Trinajstić information content (AvgIpc) is 2.85. The average molecular weight is 347 g/mol. The van der Waals surface area contributed by atoms with Crippen LogP contribution in [0.3, 0.4) is 0 Å². The van der Waals surface area contributed by atoms with Crippen molar-refractivity contribution < 1.29 is 13.4 Å². The van der Waals surface area contributed by atoms with Gasteiger partial charge in [-0.2, -0.15) is 0 Å². The first-order valence-corrected chi connectivity index (χ1v) is 8.69. The highest BCUT2D eigenvalue weighted by atomic mass is 32.2. The van der Waals surface area contributed by atoms with Gasteiger partial charge in [-0.15, -0.1) is 0 Å². The largest absolute Gasteiger partial charge is 0.313 e. The minimum atomic E-state index is -1.62. The lowest BCUT2D eigenvalue weighted by molar-refractivity contribution is -0.117. The molecule has 0 fully saturated rings. The molecule has 0 aromatic heterocycles. The number of ketones is 1. The number of carbonyl (C=O) groups excluding carboxylic acids is 1. The number of hydrogen-bond donors (Lipinski definition) is 1. The first kappa shape index (κ1) is 16.6. The normalized spacial score (nSPS) is 16.3. The fourth-order valence-corrected chi connectivity index (χ4v) is 4.06. The van der Waals surface area contributed by atoms with Crippen molar-refractivity contribution in [3.05, 3.63) is 54.3 Å². The molecule has 0 amide bonds. The van der Waals surface area contributed by atoms with Gasteiger partial charge in [-0.25, -0.2) is 12.9 Å². The Morgan fingerprint density at radius 1 is 1.08 bits per heavy atom. The first-order valence-electron chi connectivity index (χ1n) is 7.63. The molecule has 1 aliphatic heterocycles. The van der Waals surface area contributed by atoms with Crippen LogP contribution in [-0.2, 0) is 16.0 Å². The summed E-state index contributed by atoms with van der Waals surface area (Å²) in [6, 6.07) is 13.5. The lowest BCUT2D eigenvalue weighted by Crippen LogP contribution is -2.32. The van der Waals surface area contributed by atoms with E-state index >= 15 is 0 Å². The summed E-state index contributed by atoms with van der Waals surface area (Å²) in [5.74, 6) is -0.398. The highest BCUT2D eigenvalue weighted by Gasteiger charge is 2.35. The fraction of sp³-hybridized carbons (Fsp3) is 0.235. The smallest absolute Gasteiger partial charge is 0.230 e. The molecule has 126 valence electrons. The predicted octanol–water partition coefficient (Wildman–Crippen LogP) is 2.54. The van der Waals surface area contributed by atoms with Crippen LogP contribution in [0.4, 0.5) is 21.5 Å². The number of carbonyl (C=O) groups is 1.